The van der Waals surface area contributed by atoms with Crippen LogP contribution in [0.2, 0.25) is 0 Å². The number of nitrogens with zero attached hydrogens (tertiary/aromatic N) is 1. The van der Waals surface area contributed by atoms with Crippen LogP contribution in [-0.4, -0.2) is 22.7 Å². The molecule has 1 N–H and O–H groups in total. The van der Waals surface area contributed by atoms with Gasteiger partial charge >= 0.3 is 5.97 Å². The van der Waals surface area contributed by atoms with Gasteiger partial charge in [0.2, 0.25) is 0 Å². The number of esters is 1. The Bertz CT molecular complexity index is 893. The number of ether oxygens (including phenoxy) is 1. The highest BCUT2D eigenvalue weighted by atomic mass is 79.9. The van der Waals surface area contributed by atoms with Gasteiger partial charge < -0.3 is 9.84 Å². The molecule has 0 aliphatic heterocycles. The van der Waals surface area contributed by atoms with Crippen LogP contribution < -0.4 is 0 Å². The zero-order valence-electron chi connectivity index (χ0n) is 12.4. The largest absolute Gasteiger partial charge is 0.507 e. The molecule has 0 saturated carbocycles. The highest BCUT2D eigenvalue weighted by Crippen LogP contribution is 2.31. The number of pyridine rings is 1. The molecule has 0 fully saturated rings. The average Bonchev–Trinajstić information content (AvgIpc) is 2.54. The van der Waals surface area contributed by atoms with Crippen LogP contribution in [0.4, 0.5) is 0 Å². The smallest absolute Gasteiger partial charge is 0.338 e. The van der Waals surface area contributed by atoms with Gasteiger partial charge in [0.05, 0.1) is 23.4 Å². The number of para-hydroxylation sites is 1. The molecule has 1 heterocycles. The van der Waals surface area contributed by atoms with E-state index in [0.717, 1.165) is 4.47 Å². The van der Waals surface area contributed by atoms with Crippen molar-refractivity contribution in [3.8, 4) is 17.0 Å². The van der Waals surface area contributed by atoms with Crippen molar-refractivity contribution in [3.05, 3.63) is 58.6 Å². The van der Waals surface area contributed by atoms with Crippen LogP contribution in [0, 0.1) is 0 Å². The van der Waals surface area contributed by atoms with Crippen LogP contribution in [0.1, 0.15) is 17.3 Å². The van der Waals surface area contributed by atoms with Gasteiger partial charge in [0.15, 0.2) is 0 Å². The fourth-order valence-electron chi connectivity index (χ4n) is 2.40. The average molecular weight is 372 g/mol. The normalized spacial score (nSPS) is 10.7. The maximum absolute atomic E-state index is 12.3. The van der Waals surface area contributed by atoms with Crippen LogP contribution in [0.5, 0.6) is 5.75 Å². The Kier molecular flexibility index (Phi) is 4.30. The van der Waals surface area contributed by atoms with E-state index in [1.54, 1.807) is 31.2 Å². The monoisotopic (exact) mass is 371 g/mol. The molecule has 1 aromatic heterocycles. The third kappa shape index (κ3) is 3.05. The van der Waals surface area contributed by atoms with Crippen molar-refractivity contribution in [2.45, 2.75) is 6.92 Å². The minimum Gasteiger partial charge on any atom is -0.507 e. The summed E-state index contributed by atoms with van der Waals surface area (Å²) in [5, 5.41) is 10.8. The van der Waals surface area contributed by atoms with Crippen molar-refractivity contribution in [1.29, 1.82) is 0 Å². The third-order valence-corrected chi connectivity index (χ3v) is 3.94. The summed E-state index contributed by atoms with van der Waals surface area (Å²) in [5.74, 6) is -0.291. The SMILES string of the molecule is CCOC(=O)c1cc(-c2ccccc2O)nc2ccc(Br)cc12. The zero-order valence-corrected chi connectivity index (χ0v) is 14.0. The standard InChI is InChI=1S/C18H14BrNO3/c1-2-23-18(22)14-10-16(12-5-3-4-6-17(12)21)20-15-8-7-11(19)9-13(14)15/h3-10,21H,2H2,1H3. The Morgan fingerprint density at radius 1 is 1.22 bits per heavy atom. The van der Waals surface area contributed by atoms with Crippen molar-refractivity contribution in [2.75, 3.05) is 6.61 Å². The molecule has 3 rings (SSSR count). The highest BCUT2D eigenvalue weighted by Gasteiger charge is 2.16. The lowest BCUT2D eigenvalue weighted by Crippen LogP contribution is -2.06. The minimum atomic E-state index is -0.408. The number of aromatic hydroxyl groups is 1. The van der Waals surface area contributed by atoms with Gasteiger partial charge in [0, 0.05) is 15.4 Å². The van der Waals surface area contributed by atoms with Gasteiger partial charge in [-0.25, -0.2) is 9.78 Å². The molecule has 0 unspecified atom stereocenters. The summed E-state index contributed by atoms with van der Waals surface area (Å²) >= 11 is 3.41. The number of halogens is 1. The zero-order chi connectivity index (χ0) is 16.4. The van der Waals surface area contributed by atoms with Crippen molar-refractivity contribution in [1.82, 2.24) is 4.98 Å². The Morgan fingerprint density at radius 2 is 2.00 bits per heavy atom. The number of hydrogen-bond acceptors (Lipinski definition) is 4. The molecule has 0 aliphatic rings. The van der Waals surface area contributed by atoms with E-state index in [4.69, 9.17) is 4.74 Å². The fraction of sp³-hybridized carbons (Fsp3) is 0.111. The number of phenolic OH excluding ortho intramolecular Hbond substituents is 1. The number of hydrogen-bond donors (Lipinski definition) is 1. The van der Waals surface area contributed by atoms with E-state index in [1.165, 1.54) is 0 Å². The van der Waals surface area contributed by atoms with Crippen molar-refractivity contribution in [3.63, 3.8) is 0 Å². The van der Waals surface area contributed by atoms with Gasteiger partial charge in [-0.1, -0.05) is 28.1 Å². The maximum atomic E-state index is 12.3. The first-order valence-electron chi connectivity index (χ1n) is 7.16. The number of phenols is 1. The topological polar surface area (TPSA) is 59.4 Å². The first kappa shape index (κ1) is 15.5. The molecule has 0 aliphatic carbocycles. The summed E-state index contributed by atoms with van der Waals surface area (Å²) < 4.78 is 6.01. The molecule has 0 amide bonds. The summed E-state index contributed by atoms with van der Waals surface area (Å²) in [5.41, 5.74) is 2.19. The second-order valence-corrected chi connectivity index (χ2v) is 5.87. The molecular weight excluding hydrogens is 358 g/mol. The molecule has 23 heavy (non-hydrogen) atoms. The fourth-order valence-corrected chi connectivity index (χ4v) is 2.77. The van der Waals surface area contributed by atoms with Crippen molar-refractivity contribution in [2.24, 2.45) is 0 Å². The Balaban J connectivity index is 2.28. The molecule has 0 saturated heterocycles. The first-order chi connectivity index (χ1) is 11.1. The van der Waals surface area contributed by atoms with E-state index in [0.29, 0.717) is 34.3 Å². The van der Waals surface area contributed by atoms with E-state index in [1.807, 2.05) is 24.3 Å². The van der Waals surface area contributed by atoms with Crippen molar-refractivity contribution >= 4 is 32.8 Å². The van der Waals surface area contributed by atoms with E-state index in [9.17, 15) is 9.90 Å². The molecule has 3 aromatic rings. The van der Waals surface area contributed by atoms with Crippen LogP contribution in [0.25, 0.3) is 22.2 Å². The quantitative estimate of drug-likeness (QED) is 0.686. The van der Waals surface area contributed by atoms with E-state index >= 15 is 0 Å². The molecule has 116 valence electrons. The summed E-state index contributed by atoms with van der Waals surface area (Å²) in [7, 11) is 0. The van der Waals surface area contributed by atoms with Gasteiger partial charge in [-0.3, -0.25) is 0 Å². The van der Waals surface area contributed by atoms with Gasteiger partial charge in [-0.2, -0.15) is 0 Å². The highest BCUT2D eigenvalue weighted by molar-refractivity contribution is 9.10. The lowest BCUT2D eigenvalue weighted by atomic mass is 10.0. The number of rotatable bonds is 3. The number of benzene rings is 2. The number of carbonyl (C=O) groups is 1. The second kappa shape index (κ2) is 6.38. The van der Waals surface area contributed by atoms with Gasteiger partial charge in [0.25, 0.3) is 0 Å². The molecular formula is C18H14BrNO3. The number of fused-ring (bicyclic) bond motifs is 1. The van der Waals surface area contributed by atoms with E-state index < -0.39 is 5.97 Å². The van der Waals surface area contributed by atoms with Gasteiger partial charge in [0.1, 0.15) is 5.75 Å². The molecule has 2 aromatic carbocycles. The Morgan fingerprint density at radius 3 is 2.74 bits per heavy atom. The molecule has 0 spiro atoms. The van der Waals surface area contributed by atoms with Crippen molar-refractivity contribution < 1.29 is 14.6 Å². The van der Waals surface area contributed by atoms with E-state index in [2.05, 4.69) is 20.9 Å². The van der Waals surface area contributed by atoms with Crippen LogP contribution in [0.3, 0.4) is 0 Å². The summed E-state index contributed by atoms with van der Waals surface area (Å²) in [6.45, 7) is 2.06. The minimum absolute atomic E-state index is 0.117. The molecule has 4 nitrogen and oxygen atoms in total. The Hall–Kier alpha value is -2.40. The Labute approximate surface area is 141 Å². The third-order valence-electron chi connectivity index (χ3n) is 3.45. The second-order valence-electron chi connectivity index (χ2n) is 4.95. The first-order valence-corrected chi connectivity index (χ1v) is 7.95. The summed E-state index contributed by atoms with van der Waals surface area (Å²) in [4.78, 5) is 16.9. The lowest BCUT2D eigenvalue weighted by Gasteiger charge is -2.10. The maximum Gasteiger partial charge on any atom is 0.338 e. The predicted molar refractivity (Wildman–Crippen MR) is 92.5 cm³/mol. The molecule has 0 bridgehead atoms. The summed E-state index contributed by atoms with van der Waals surface area (Å²) in [6, 6.07) is 14.1. The summed E-state index contributed by atoms with van der Waals surface area (Å²) in [6.07, 6.45) is 0. The predicted octanol–water partition coefficient (Wildman–Crippen LogP) is 4.55. The van der Waals surface area contributed by atoms with Crippen LogP contribution in [0.15, 0.2) is 53.0 Å². The lowest BCUT2D eigenvalue weighted by molar-refractivity contribution is 0.0528. The van der Waals surface area contributed by atoms with Crippen LogP contribution in [-0.2, 0) is 4.74 Å². The number of carbonyl (C=O) groups excluding carboxylic acids is 1. The van der Waals surface area contributed by atoms with Gasteiger partial charge in [-0.05, 0) is 43.3 Å². The molecule has 0 radical (unpaired) electrons. The van der Waals surface area contributed by atoms with Gasteiger partial charge in [-0.15, -0.1) is 0 Å². The molecule has 5 heteroatoms. The van der Waals surface area contributed by atoms with Crippen LogP contribution >= 0.6 is 15.9 Å². The number of aromatic nitrogens is 1. The molecule has 0 atom stereocenters. The van der Waals surface area contributed by atoms with E-state index in [-0.39, 0.29) is 5.75 Å².